The lowest BCUT2D eigenvalue weighted by Gasteiger charge is -2.25. The Morgan fingerprint density at radius 2 is 1.70 bits per heavy atom. The van der Waals surface area contributed by atoms with Gasteiger partial charge in [-0.2, -0.15) is 5.01 Å². The number of benzene rings is 2. The number of hydrazine groups is 1. The van der Waals surface area contributed by atoms with E-state index in [0.29, 0.717) is 22.6 Å². The Morgan fingerprint density at radius 3 is 2.30 bits per heavy atom. The normalized spacial score (nSPS) is 18.1. The third kappa shape index (κ3) is 4.03. The van der Waals surface area contributed by atoms with Crippen LogP contribution >= 0.6 is 0 Å². The van der Waals surface area contributed by atoms with Crippen LogP contribution in [0.5, 0.6) is 0 Å². The van der Waals surface area contributed by atoms with E-state index < -0.39 is 36.0 Å². The quantitative estimate of drug-likeness (QED) is 0.539. The van der Waals surface area contributed by atoms with Crippen molar-refractivity contribution in [2.75, 3.05) is 6.61 Å². The van der Waals surface area contributed by atoms with Gasteiger partial charge in [0.2, 0.25) is 0 Å². The summed E-state index contributed by atoms with van der Waals surface area (Å²) in [5, 5.41) is 3.28. The lowest BCUT2D eigenvalue weighted by atomic mass is 9.87. The smallest absolute Gasteiger partial charge is 0.344 e. The summed E-state index contributed by atoms with van der Waals surface area (Å²) in [7, 11) is 0. The Labute approximate surface area is 174 Å². The molecule has 4 amide bonds. The highest BCUT2D eigenvalue weighted by Crippen LogP contribution is 2.31. The van der Waals surface area contributed by atoms with E-state index in [9.17, 15) is 19.2 Å². The number of aryl methyl sites for hydroxylation is 1. The van der Waals surface area contributed by atoms with Gasteiger partial charge in [-0.3, -0.25) is 15.0 Å². The van der Waals surface area contributed by atoms with Gasteiger partial charge in [-0.15, -0.1) is 0 Å². The first-order valence-corrected chi connectivity index (χ1v) is 9.69. The Bertz CT molecular complexity index is 958. The van der Waals surface area contributed by atoms with E-state index in [1.165, 1.54) is 0 Å². The number of carbonyl (C=O) groups excluding carboxylic acids is 4. The molecule has 1 fully saturated rings. The van der Waals surface area contributed by atoms with Crippen LogP contribution in [0.4, 0.5) is 4.79 Å². The minimum atomic E-state index is -1.26. The van der Waals surface area contributed by atoms with Gasteiger partial charge in [-0.05, 0) is 36.1 Å². The third-order valence-electron chi connectivity index (χ3n) is 5.06. The van der Waals surface area contributed by atoms with Crippen molar-refractivity contribution in [3.63, 3.8) is 0 Å². The molecule has 2 aromatic carbocycles. The zero-order valence-corrected chi connectivity index (χ0v) is 16.8. The first-order valence-electron chi connectivity index (χ1n) is 9.69. The van der Waals surface area contributed by atoms with Crippen LogP contribution in [0.15, 0.2) is 54.6 Å². The number of nitrogens with zero attached hydrogens (tertiary/aromatic N) is 1. The molecular weight excluding hydrogens is 386 g/mol. The van der Waals surface area contributed by atoms with Crippen LogP contribution in [0.3, 0.4) is 0 Å². The van der Waals surface area contributed by atoms with Crippen molar-refractivity contribution >= 4 is 23.8 Å². The van der Waals surface area contributed by atoms with Gasteiger partial charge in [0.15, 0.2) is 6.61 Å². The molecule has 1 saturated heterocycles. The van der Waals surface area contributed by atoms with Gasteiger partial charge in [0, 0.05) is 0 Å². The maximum Gasteiger partial charge on any atom is 0.344 e. The van der Waals surface area contributed by atoms with Gasteiger partial charge in [-0.1, -0.05) is 56.3 Å². The van der Waals surface area contributed by atoms with Crippen molar-refractivity contribution in [3.05, 3.63) is 71.3 Å². The van der Waals surface area contributed by atoms with E-state index in [-0.39, 0.29) is 0 Å². The van der Waals surface area contributed by atoms with E-state index in [0.717, 1.165) is 12.0 Å². The molecule has 0 bridgehead atoms. The molecule has 1 heterocycles. The van der Waals surface area contributed by atoms with Gasteiger partial charge < -0.3 is 10.1 Å². The first kappa shape index (κ1) is 21.0. The number of imide groups is 1. The summed E-state index contributed by atoms with van der Waals surface area (Å²) >= 11 is 0. The van der Waals surface area contributed by atoms with E-state index in [2.05, 4.69) is 10.7 Å². The van der Waals surface area contributed by atoms with Crippen molar-refractivity contribution < 1.29 is 23.9 Å². The Kier molecular flexibility index (Phi) is 6.15. The largest absolute Gasteiger partial charge is 0.452 e. The third-order valence-corrected chi connectivity index (χ3v) is 5.06. The van der Waals surface area contributed by atoms with Crippen LogP contribution in [0.25, 0.3) is 0 Å². The fourth-order valence-electron chi connectivity index (χ4n) is 3.29. The number of hydrogen-bond acceptors (Lipinski definition) is 5. The molecule has 2 aromatic rings. The van der Waals surface area contributed by atoms with Crippen molar-refractivity contribution in [1.82, 2.24) is 15.8 Å². The lowest BCUT2D eigenvalue weighted by Crippen LogP contribution is -2.49. The molecule has 0 spiro atoms. The van der Waals surface area contributed by atoms with Crippen molar-refractivity contribution in [3.8, 4) is 0 Å². The molecule has 156 valence electrons. The van der Waals surface area contributed by atoms with E-state index >= 15 is 0 Å². The van der Waals surface area contributed by atoms with Crippen LogP contribution in [0, 0.1) is 0 Å². The van der Waals surface area contributed by atoms with Crippen molar-refractivity contribution in [2.45, 2.75) is 32.2 Å². The summed E-state index contributed by atoms with van der Waals surface area (Å²) in [4.78, 5) is 49.6. The number of rotatable bonds is 7. The molecular formula is C22H23N3O5. The van der Waals surface area contributed by atoms with Crippen molar-refractivity contribution in [1.29, 1.82) is 0 Å². The molecule has 0 unspecified atom stereocenters. The molecule has 2 N–H and O–H groups in total. The summed E-state index contributed by atoms with van der Waals surface area (Å²) in [5.74, 6) is -2.06. The highest BCUT2D eigenvalue weighted by molar-refractivity contribution is 6.08. The summed E-state index contributed by atoms with van der Waals surface area (Å²) in [6.45, 7) is 3.14. The van der Waals surface area contributed by atoms with Crippen molar-refractivity contribution in [2.24, 2.45) is 0 Å². The van der Waals surface area contributed by atoms with Crippen LogP contribution in [-0.2, 0) is 26.3 Å². The average molecular weight is 409 g/mol. The number of nitrogens with one attached hydrogen (secondary N) is 2. The highest BCUT2D eigenvalue weighted by Gasteiger charge is 2.52. The number of hydrogen-bond donors (Lipinski definition) is 2. The van der Waals surface area contributed by atoms with Gasteiger partial charge in [-0.25, -0.2) is 9.59 Å². The lowest BCUT2D eigenvalue weighted by molar-refractivity contribution is -0.140. The molecule has 0 aliphatic carbocycles. The monoisotopic (exact) mass is 409 g/mol. The second-order valence-electron chi connectivity index (χ2n) is 6.86. The number of ether oxygens (including phenoxy) is 1. The second-order valence-corrected chi connectivity index (χ2v) is 6.86. The predicted molar refractivity (Wildman–Crippen MR) is 108 cm³/mol. The molecule has 30 heavy (non-hydrogen) atoms. The summed E-state index contributed by atoms with van der Waals surface area (Å²) in [6.07, 6.45) is 1.14. The van der Waals surface area contributed by atoms with Gasteiger partial charge in [0.1, 0.15) is 5.54 Å². The number of urea groups is 1. The number of amides is 4. The van der Waals surface area contributed by atoms with Crippen LogP contribution in [-0.4, -0.2) is 35.4 Å². The second kappa shape index (κ2) is 8.77. The zero-order chi connectivity index (χ0) is 21.7. The van der Waals surface area contributed by atoms with Crippen LogP contribution < -0.4 is 10.7 Å². The minimum absolute atomic E-state index is 0.302. The maximum atomic E-state index is 12.9. The SMILES string of the molecule is CCc1ccc(C(=O)OCC(=O)NN2C(=O)N[C@](CC)(c3ccccc3)C2=O)cc1. The zero-order valence-electron chi connectivity index (χ0n) is 16.8. The first-order chi connectivity index (χ1) is 14.4. The fraction of sp³-hybridized carbons (Fsp3) is 0.273. The fourth-order valence-corrected chi connectivity index (χ4v) is 3.29. The van der Waals surface area contributed by atoms with Crippen LogP contribution in [0.2, 0.25) is 0 Å². The number of esters is 1. The molecule has 0 saturated carbocycles. The molecule has 1 aliphatic rings. The molecule has 1 atom stereocenters. The molecule has 0 radical (unpaired) electrons. The van der Waals surface area contributed by atoms with E-state index in [1.54, 1.807) is 61.5 Å². The van der Waals surface area contributed by atoms with Gasteiger partial charge in [0.05, 0.1) is 5.56 Å². The van der Waals surface area contributed by atoms with Crippen LogP contribution in [0.1, 0.15) is 41.8 Å². The van der Waals surface area contributed by atoms with E-state index in [1.807, 2.05) is 6.92 Å². The molecule has 1 aliphatic heterocycles. The molecule has 0 aromatic heterocycles. The summed E-state index contributed by atoms with van der Waals surface area (Å²) < 4.78 is 4.99. The van der Waals surface area contributed by atoms with Gasteiger partial charge >= 0.3 is 12.0 Å². The Hall–Kier alpha value is -3.68. The summed E-state index contributed by atoms with van der Waals surface area (Å²) in [5.41, 5.74) is 2.95. The molecule has 8 nitrogen and oxygen atoms in total. The Morgan fingerprint density at radius 1 is 1.03 bits per heavy atom. The maximum absolute atomic E-state index is 12.9. The number of carbonyl (C=O) groups is 4. The molecule has 3 rings (SSSR count). The highest BCUT2D eigenvalue weighted by atomic mass is 16.5. The van der Waals surface area contributed by atoms with E-state index in [4.69, 9.17) is 4.74 Å². The predicted octanol–water partition coefficient (Wildman–Crippen LogP) is 2.29. The standard InChI is InChI=1S/C22H23N3O5/c1-3-15-10-12-16(13-11-15)19(27)30-14-18(26)24-25-20(28)22(4-2,23-21(25)29)17-8-6-5-7-9-17/h5-13H,3-4,14H2,1-2H3,(H,23,29)(H,24,26)/t22-/m1/s1. The van der Waals surface area contributed by atoms with Gasteiger partial charge in [0.25, 0.3) is 11.8 Å². The minimum Gasteiger partial charge on any atom is -0.452 e. The topological polar surface area (TPSA) is 105 Å². The Balaban J connectivity index is 1.63. The summed E-state index contributed by atoms with van der Waals surface area (Å²) in [6, 6.07) is 14.9. The average Bonchev–Trinajstić information content (AvgIpc) is 3.03. The molecule has 8 heteroatoms.